The Morgan fingerprint density at radius 1 is 1.30 bits per heavy atom. The number of hydrogen-bond acceptors (Lipinski definition) is 2. The van der Waals surface area contributed by atoms with Crippen molar-refractivity contribution < 1.29 is 4.74 Å². The fourth-order valence-corrected chi connectivity index (χ4v) is 3.42. The molecule has 1 aromatic carbocycles. The molecule has 1 saturated carbocycles. The van der Waals surface area contributed by atoms with Crippen molar-refractivity contribution in [1.82, 2.24) is 5.32 Å². The highest BCUT2D eigenvalue weighted by Crippen LogP contribution is 2.28. The largest absolute Gasteiger partial charge is 0.378 e. The second-order valence-electron chi connectivity index (χ2n) is 6.15. The quantitative estimate of drug-likeness (QED) is 0.803. The minimum atomic E-state index is 0.505. The molecule has 1 aromatic rings. The van der Waals surface area contributed by atoms with Gasteiger partial charge in [0.05, 0.1) is 6.10 Å². The third-order valence-corrected chi connectivity index (χ3v) is 4.90. The van der Waals surface area contributed by atoms with E-state index in [4.69, 9.17) is 4.74 Å². The lowest BCUT2D eigenvalue weighted by Gasteiger charge is -2.20. The van der Waals surface area contributed by atoms with Crippen molar-refractivity contribution >= 4 is 15.9 Å². The van der Waals surface area contributed by atoms with Gasteiger partial charge in [-0.2, -0.15) is 0 Å². The Kier molecular flexibility index (Phi) is 5.14. The highest BCUT2D eigenvalue weighted by Gasteiger charge is 2.24. The Morgan fingerprint density at radius 3 is 2.90 bits per heavy atom. The highest BCUT2D eigenvalue weighted by molar-refractivity contribution is 9.10. The summed E-state index contributed by atoms with van der Waals surface area (Å²) in [5.41, 5.74) is 1.45. The van der Waals surface area contributed by atoms with Gasteiger partial charge in [-0.25, -0.2) is 0 Å². The summed E-state index contributed by atoms with van der Waals surface area (Å²) in [6.07, 6.45) is 8.14. The van der Waals surface area contributed by atoms with Crippen LogP contribution in [-0.2, 0) is 4.74 Å². The molecule has 110 valence electrons. The predicted molar refractivity (Wildman–Crippen MR) is 86.1 cm³/mol. The zero-order chi connectivity index (χ0) is 13.8. The van der Waals surface area contributed by atoms with Crippen LogP contribution in [0.2, 0.25) is 0 Å². The highest BCUT2D eigenvalue weighted by atomic mass is 79.9. The van der Waals surface area contributed by atoms with Gasteiger partial charge in [0.2, 0.25) is 0 Å². The first-order valence-corrected chi connectivity index (χ1v) is 8.71. The van der Waals surface area contributed by atoms with Crippen LogP contribution in [0, 0.1) is 0 Å². The molecule has 3 heteroatoms. The smallest absolute Gasteiger partial charge is 0.0576 e. The van der Waals surface area contributed by atoms with Gasteiger partial charge in [0.25, 0.3) is 0 Å². The van der Waals surface area contributed by atoms with Gasteiger partial charge in [-0.1, -0.05) is 28.1 Å². The molecule has 0 bridgehead atoms. The third kappa shape index (κ3) is 4.31. The van der Waals surface area contributed by atoms with Crippen molar-refractivity contribution in [3.63, 3.8) is 0 Å². The maximum absolute atomic E-state index is 5.77. The molecule has 2 unspecified atom stereocenters. The number of ether oxygens (including phenoxy) is 1. The summed E-state index contributed by atoms with van der Waals surface area (Å²) in [7, 11) is 0. The Bertz CT molecular complexity index is 427. The Hall–Kier alpha value is -0.380. The second-order valence-corrected chi connectivity index (χ2v) is 7.06. The zero-order valence-electron chi connectivity index (χ0n) is 12.0. The number of nitrogens with one attached hydrogen (secondary N) is 1. The summed E-state index contributed by atoms with van der Waals surface area (Å²) < 4.78 is 6.96. The molecule has 0 aromatic heterocycles. The summed E-state index contributed by atoms with van der Waals surface area (Å²) in [6.45, 7) is 2.07. The van der Waals surface area contributed by atoms with Crippen LogP contribution in [0.1, 0.15) is 50.0 Å². The van der Waals surface area contributed by atoms with Crippen LogP contribution in [0.25, 0.3) is 0 Å². The molecule has 1 heterocycles. The lowest BCUT2D eigenvalue weighted by atomic mass is 9.92. The van der Waals surface area contributed by atoms with Gasteiger partial charge in [-0.3, -0.25) is 0 Å². The van der Waals surface area contributed by atoms with Gasteiger partial charge < -0.3 is 10.1 Å². The van der Waals surface area contributed by atoms with Crippen molar-refractivity contribution in [3.8, 4) is 0 Å². The van der Waals surface area contributed by atoms with Crippen molar-refractivity contribution in [1.29, 1.82) is 0 Å². The van der Waals surface area contributed by atoms with E-state index in [9.17, 15) is 0 Å². The molecule has 2 fully saturated rings. The topological polar surface area (TPSA) is 21.3 Å². The third-order valence-electron chi connectivity index (χ3n) is 4.41. The first kappa shape index (κ1) is 14.6. The molecule has 0 spiro atoms. The summed E-state index contributed by atoms with van der Waals surface area (Å²) in [5.74, 6) is 0.609. The van der Waals surface area contributed by atoms with Gasteiger partial charge >= 0.3 is 0 Å². The summed E-state index contributed by atoms with van der Waals surface area (Å²) in [6, 6.07) is 9.58. The van der Waals surface area contributed by atoms with E-state index in [1.165, 1.54) is 48.6 Å². The van der Waals surface area contributed by atoms with E-state index in [2.05, 4.69) is 45.5 Å². The SMILES string of the molecule is Brc1cccc(C(CCC2CCCO2)CNC2CC2)c1. The molecule has 1 N–H and O–H groups in total. The Balaban J connectivity index is 1.59. The van der Waals surface area contributed by atoms with Gasteiger partial charge in [0, 0.05) is 23.7 Å². The van der Waals surface area contributed by atoms with Crippen LogP contribution < -0.4 is 5.32 Å². The summed E-state index contributed by atoms with van der Waals surface area (Å²) in [4.78, 5) is 0. The lowest BCUT2D eigenvalue weighted by Crippen LogP contribution is -2.24. The standard InChI is InChI=1S/C17H24BrNO/c18-15-4-1-3-13(11-15)14(12-19-16-7-8-16)6-9-17-5-2-10-20-17/h1,3-4,11,14,16-17,19H,2,5-10,12H2. The summed E-state index contributed by atoms with van der Waals surface area (Å²) in [5, 5.41) is 3.69. The van der Waals surface area contributed by atoms with Gasteiger partial charge in [-0.15, -0.1) is 0 Å². The van der Waals surface area contributed by atoms with Crippen LogP contribution in [-0.4, -0.2) is 25.3 Å². The van der Waals surface area contributed by atoms with Crippen LogP contribution in [0.3, 0.4) is 0 Å². The molecule has 1 aliphatic carbocycles. The fraction of sp³-hybridized carbons (Fsp3) is 0.647. The molecule has 2 aliphatic rings. The van der Waals surface area contributed by atoms with Crippen molar-refractivity contribution in [2.45, 2.75) is 56.6 Å². The first-order chi connectivity index (χ1) is 9.81. The number of hydrogen-bond donors (Lipinski definition) is 1. The van der Waals surface area contributed by atoms with Crippen molar-refractivity contribution in [2.24, 2.45) is 0 Å². The van der Waals surface area contributed by atoms with E-state index >= 15 is 0 Å². The maximum atomic E-state index is 5.77. The average molecular weight is 338 g/mol. The van der Waals surface area contributed by atoms with Gasteiger partial charge in [0.1, 0.15) is 0 Å². The minimum absolute atomic E-state index is 0.505. The Labute approximate surface area is 130 Å². The van der Waals surface area contributed by atoms with Crippen molar-refractivity contribution in [3.05, 3.63) is 34.3 Å². The summed E-state index contributed by atoms with van der Waals surface area (Å²) >= 11 is 3.60. The van der Waals surface area contributed by atoms with E-state index in [0.717, 1.165) is 19.2 Å². The Morgan fingerprint density at radius 2 is 2.20 bits per heavy atom. The predicted octanol–water partition coefficient (Wildman–Crippen LogP) is 4.24. The first-order valence-electron chi connectivity index (χ1n) is 7.92. The van der Waals surface area contributed by atoms with E-state index < -0.39 is 0 Å². The molecule has 20 heavy (non-hydrogen) atoms. The van der Waals surface area contributed by atoms with Crippen LogP contribution >= 0.6 is 15.9 Å². The molecular formula is C17H24BrNO. The van der Waals surface area contributed by atoms with Crippen molar-refractivity contribution in [2.75, 3.05) is 13.2 Å². The number of benzene rings is 1. The fourth-order valence-electron chi connectivity index (χ4n) is 3.00. The molecule has 0 radical (unpaired) electrons. The van der Waals surface area contributed by atoms with E-state index in [0.29, 0.717) is 12.0 Å². The number of halogens is 1. The molecule has 2 nitrogen and oxygen atoms in total. The van der Waals surface area contributed by atoms with E-state index in [1.807, 2.05) is 0 Å². The lowest BCUT2D eigenvalue weighted by molar-refractivity contribution is 0.101. The molecule has 2 atom stereocenters. The van der Waals surface area contributed by atoms with Crippen LogP contribution in [0.4, 0.5) is 0 Å². The minimum Gasteiger partial charge on any atom is -0.378 e. The van der Waals surface area contributed by atoms with E-state index in [1.54, 1.807) is 0 Å². The maximum Gasteiger partial charge on any atom is 0.0576 e. The molecule has 0 amide bonds. The van der Waals surface area contributed by atoms with Crippen LogP contribution in [0.5, 0.6) is 0 Å². The monoisotopic (exact) mass is 337 g/mol. The molecular weight excluding hydrogens is 314 g/mol. The van der Waals surface area contributed by atoms with Crippen LogP contribution in [0.15, 0.2) is 28.7 Å². The molecule has 3 rings (SSSR count). The number of rotatable bonds is 7. The second kappa shape index (κ2) is 7.06. The van der Waals surface area contributed by atoms with Gasteiger partial charge in [-0.05, 0) is 62.1 Å². The molecule has 1 saturated heterocycles. The molecule has 1 aliphatic heterocycles. The van der Waals surface area contributed by atoms with E-state index in [-0.39, 0.29) is 0 Å². The normalized spacial score (nSPS) is 23.9. The average Bonchev–Trinajstić information content (AvgIpc) is 3.13. The zero-order valence-corrected chi connectivity index (χ0v) is 13.6. The van der Waals surface area contributed by atoms with Gasteiger partial charge in [0.15, 0.2) is 0 Å².